The van der Waals surface area contributed by atoms with Crippen LogP contribution in [0, 0.1) is 0 Å². The summed E-state index contributed by atoms with van der Waals surface area (Å²) in [5.74, 6) is 0.788. The van der Waals surface area contributed by atoms with Crippen LogP contribution >= 0.6 is 0 Å². The summed E-state index contributed by atoms with van der Waals surface area (Å²) in [5, 5.41) is 2.99. The third kappa shape index (κ3) is 5.25. The molecule has 0 fully saturated rings. The van der Waals surface area contributed by atoms with Gasteiger partial charge in [-0.3, -0.25) is 4.79 Å². The van der Waals surface area contributed by atoms with Crippen LogP contribution in [0.3, 0.4) is 0 Å². The van der Waals surface area contributed by atoms with E-state index in [1.54, 1.807) is 0 Å². The Morgan fingerprint density at radius 2 is 2.00 bits per heavy atom. The van der Waals surface area contributed by atoms with E-state index < -0.39 is 0 Å². The molecule has 0 radical (unpaired) electrons. The number of benzene rings is 1. The van der Waals surface area contributed by atoms with Gasteiger partial charge in [0.15, 0.2) is 0 Å². The molecular formula is C18H25NO2. The molecule has 2 rings (SSSR count). The first-order chi connectivity index (χ1) is 10.1. The van der Waals surface area contributed by atoms with Gasteiger partial charge in [0.2, 0.25) is 0 Å². The molecular weight excluding hydrogens is 262 g/mol. The molecule has 1 N–H and O–H groups in total. The normalized spacial score (nSPS) is 14.7. The molecule has 1 aliphatic rings. The van der Waals surface area contributed by atoms with Crippen molar-refractivity contribution in [2.45, 2.75) is 52.1 Å². The van der Waals surface area contributed by atoms with Crippen LogP contribution < -0.4 is 10.1 Å². The van der Waals surface area contributed by atoms with Gasteiger partial charge >= 0.3 is 0 Å². The number of hydrogen-bond acceptors (Lipinski definition) is 2. The highest BCUT2D eigenvalue weighted by molar-refractivity contribution is 5.94. The third-order valence-electron chi connectivity index (χ3n) is 3.60. The van der Waals surface area contributed by atoms with Crippen molar-refractivity contribution in [2.75, 3.05) is 6.54 Å². The van der Waals surface area contributed by atoms with Gasteiger partial charge in [-0.2, -0.15) is 0 Å². The summed E-state index contributed by atoms with van der Waals surface area (Å²) in [5.41, 5.74) is 2.17. The Labute approximate surface area is 127 Å². The van der Waals surface area contributed by atoms with Gasteiger partial charge in [-0.25, -0.2) is 0 Å². The van der Waals surface area contributed by atoms with E-state index in [-0.39, 0.29) is 12.0 Å². The van der Waals surface area contributed by atoms with Crippen LogP contribution in [0.5, 0.6) is 5.75 Å². The first kappa shape index (κ1) is 15.6. The second-order valence-corrected chi connectivity index (χ2v) is 5.81. The molecule has 114 valence electrons. The Hall–Kier alpha value is -1.77. The number of ether oxygens (including phenoxy) is 1. The van der Waals surface area contributed by atoms with E-state index in [1.165, 1.54) is 31.3 Å². The highest BCUT2D eigenvalue weighted by atomic mass is 16.5. The van der Waals surface area contributed by atoms with Crippen molar-refractivity contribution in [1.29, 1.82) is 0 Å². The monoisotopic (exact) mass is 287 g/mol. The lowest BCUT2D eigenvalue weighted by molar-refractivity contribution is 0.0954. The summed E-state index contributed by atoms with van der Waals surface area (Å²) in [6.45, 7) is 4.69. The van der Waals surface area contributed by atoms with Crippen molar-refractivity contribution >= 4 is 5.91 Å². The lowest BCUT2D eigenvalue weighted by atomic mass is 9.97. The van der Waals surface area contributed by atoms with Crippen molar-refractivity contribution in [1.82, 2.24) is 5.32 Å². The molecule has 0 aromatic heterocycles. The maximum Gasteiger partial charge on any atom is 0.251 e. The average molecular weight is 287 g/mol. The van der Waals surface area contributed by atoms with Crippen molar-refractivity contribution in [3.8, 4) is 5.75 Å². The summed E-state index contributed by atoms with van der Waals surface area (Å²) < 4.78 is 5.57. The van der Waals surface area contributed by atoms with Gasteiger partial charge in [-0.15, -0.1) is 0 Å². The lowest BCUT2D eigenvalue weighted by Crippen LogP contribution is -2.24. The maximum absolute atomic E-state index is 12.0. The van der Waals surface area contributed by atoms with Gasteiger partial charge < -0.3 is 10.1 Å². The largest absolute Gasteiger partial charge is 0.491 e. The Balaban J connectivity index is 1.78. The number of hydrogen-bond donors (Lipinski definition) is 1. The molecule has 0 unspecified atom stereocenters. The number of carbonyl (C=O) groups is 1. The fourth-order valence-corrected chi connectivity index (χ4v) is 2.53. The lowest BCUT2D eigenvalue weighted by Gasteiger charge is -2.13. The predicted molar refractivity (Wildman–Crippen MR) is 85.7 cm³/mol. The molecule has 1 aromatic carbocycles. The van der Waals surface area contributed by atoms with Gasteiger partial charge in [0.05, 0.1) is 6.10 Å². The second kappa shape index (κ2) is 7.87. The number of allylic oxidation sites excluding steroid dienone is 1. The Morgan fingerprint density at radius 1 is 1.24 bits per heavy atom. The van der Waals surface area contributed by atoms with Crippen molar-refractivity contribution in [3.63, 3.8) is 0 Å². The van der Waals surface area contributed by atoms with Gasteiger partial charge in [0.1, 0.15) is 5.75 Å². The third-order valence-corrected chi connectivity index (χ3v) is 3.60. The summed E-state index contributed by atoms with van der Waals surface area (Å²) in [6.07, 6.45) is 8.43. The molecule has 1 aliphatic carbocycles. The van der Waals surface area contributed by atoms with Crippen molar-refractivity contribution < 1.29 is 9.53 Å². The summed E-state index contributed by atoms with van der Waals surface area (Å²) in [7, 11) is 0. The molecule has 0 atom stereocenters. The molecule has 3 heteroatoms. The zero-order valence-corrected chi connectivity index (χ0v) is 13.0. The number of amides is 1. The van der Waals surface area contributed by atoms with Crippen LogP contribution in [-0.2, 0) is 0 Å². The van der Waals surface area contributed by atoms with Gasteiger partial charge in [-0.05, 0) is 70.2 Å². The van der Waals surface area contributed by atoms with Crippen LogP contribution in [0.1, 0.15) is 56.3 Å². The van der Waals surface area contributed by atoms with E-state index in [4.69, 9.17) is 4.74 Å². The molecule has 0 saturated carbocycles. The average Bonchev–Trinajstić information content (AvgIpc) is 2.48. The van der Waals surface area contributed by atoms with Crippen LogP contribution in [-0.4, -0.2) is 18.6 Å². The van der Waals surface area contributed by atoms with Gasteiger partial charge in [0.25, 0.3) is 5.91 Å². The SMILES string of the molecule is CC(C)Oc1ccc(C(=O)NCCC2=CCCCC2)cc1. The van der Waals surface area contributed by atoms with Crippen LogP contribution in [0.2, 0.25) is 0 Å². The number of nitrogens with one attached hydrogen (secondary N) is 1. The topological polar surface area (TPSA) is 38.3 Å². The van der Waals surface area contributed by atoms with E-state index in [9.17, 15) is 4.79 Å². The molecule has 0 spiro atoms. The molecule has 3 nitrogen and oxygen atoms in total. The molecule has 0 heterocycles. The zero-order valence-electron chi connectivity index (χ0n) is 13.0. The van der Waals surface area contributed by atoms with E-state index >= 15 is 0 Å². The zero-order chi connectivity index (χ0) is 15.1. The van der Waals surface area contributed by atoms with Crippen molar-refractivity contribution in [2.24, 2.45) is 0 Å². The second-order valence-electron chi connectivity index (χ2n) is 5.81. The number of rotatable bonds is 6. The smallest absolute Gasteiger partial charge is 0.251 e. The van der Waals surface area contributed by atoms with Crippen LogP contribution in [0.4, 0.5) is 0 Å². The predicted octanol–water partition coefficient (Wildman–Crippen LogP) is 4.09. The van der Waals surface area contributed by atoms with E-state index in [2.05, 4.69) is 11.4 Å². The summed E-state index contributed by atoms with van der Waals surface area (Å²) in [6, 6.07) is 7.32. The Bertz CT molecular complexity index is 488. The summed E-state index contributed by atoms with van der Waals surface area (Å²) in [4.78, 5) is 12.0. The molecule has 0 aliphatic heterocycles. The van der Waals surface area contributed by atoms with E-state index in [0.717, 1.165) is 18.7 Å². The first-order valence-electron chi connectivity index (χ1n) is 7.88. The standard InChI is InChI=1S/C18H25NO2/c1-14(2)21-17-10-8-16(9-11-17)18(20)19-13-12-15-6-4-3-5-7-15/h6,8-11,14H,3-5,7,12-13H2,1-2H3,(H,19,20). The van der Waals surface area contributed by atoms with Crippen LogP contribution in [0.15, 0.2) is 35.9 Å². The Kier molecular flexibility index (Phi) is 5.85. The van der Waals surface area contributed by atoms with Gasteiger partial charge in [-0.1, -0.05) is 11.6 Å². The minimum Gasteiger partial charge on any atom is -0.491 e. The summed E-state index contributed by atoms with van der Waals surface area (Å²) >= 11 is 0. The molecule has 21 heavy (non-hydrogen) atoms. The minimum atomic E-state index is -0.0116. The minimum absolute atomic E-state index is 0.0116. The highest BCUT2D eigenvalue weighted by Gasteiger charge is 2.07. The fraction of sp³-hybridized carbons (Fsp3) is 0.500. The Morgan fingerprint density at radius 3 is 2.62 bits per heavy atom. The molecule has 1 aromatic rings. The first-order valence-corrected chi connectivity index (χ1v) is 7.88. The van der Waals surface area contributed by atoms with E-state index in [1.807, 2.05) is 38.1 Å². The van der Waals surface area contributed by atoms with Crippen LogP contribution in [0.25, 0.3) is 0 Å². The fourth-order valence-electron chi connectivity index (χ4n) is 2.53. The van der Waals surface area contributed by atoms with E-state index in [0.29, 0.717) is 5.56 Å². The molecule has 1 amide bonds. The van der Waals surface area contributed by atoms with Crippen molar-refractivity contribution in [3.05, 3.63) is 41.5 Å². The molecule has 0 saturated heterocycles. The highest BCUT2D eigenvalue weighted by Crippen LogP contribution is 2.19. The molecule has 0 bridgehead atoms. The van der Waals surface area contributed by atoms with Gasteiger partial charge in [0, 0.05) is 12.1 Å². The number of carbonyl (C=O) groups excluding carboxylic acids is 1. The maximum atomic E-state index is 12.0. The quantitative estimate of drug-likeness (QED) is 0.800.